The summed E-state index contributed by atoms with van der Waals surface area (Å²) in [5, 5.41) is 0. The molecule has 5 heteroatoms. The van der Waals surface area contributed by atoms with Crippen LogP contribution in [0.3, 0.4) is 0 Å². The number of carbonyl (C=O) groups is 1. The third-order valence-electron chi connectivity index (χ3n) is 2.73. The molecule has 1 aromatic heterocycles. The van der Waals surface area contributed by atoms with Gasteiger partial charge in [0.05, 0.1) is 12.8 Å². The molecule has 0 amide bonds. The molecule has 4 nitrogen and oxygen atoms in total. The second-order valence-corrected chi connectivity index (χ2v) is 3.96. The Morgan fingerprint density at radius 1 is 1.44 bits per heavy atom. The van der Waals surface area contributed by atoms with Gasteiger partial charge in [0.1, 0.15) is 11.5 Å². The molecule has 1 rings (SSSR count). The quantitative estimate of drug-likeness (QED) is 0.663. The lowest BCUT2D eigenvalue weighted by Gasteiger charge is -2.19. The Morgan fingerprint density at radius 2 is 2.22 bits per heavy atom. The molecule has 0 spiro atoms. The van der Waals surface area contributed by atoms with Crippen molar-refractivity contribution in [3.05, 3.63) is 29.8 Å². The highest BCUT2D eigenvalue weighted by molar-refractivity contribution is 5.94. The molecule has 0 atom stereocenters. The smallest absolute Gasteiger partial charge is 0.182 e. The standard InChI is InChI=1S/C13H19FN2O2/c1-3-16(8-9-18-2)7-6-13(17)12-5-4-11(14)10-15-12/h4-5,10H,3,6-9H2,1-2H3. The van der Waals surface area contributed by atoms with Crippen LogP contribution in [0.5, 0.6) is 0 Å². The van der Waals surface area contributed by atoms with Crippen molar-refractivity contribution in [2.24, 2.45) is 0 Å². The molecule has 0 radical (unpaired) electrons. The van der Waals surface area contributed by atoms with E-state index in [9.17, 15) is 9.18 Å². The average molecular weight is 254 g/mol. The molecule has 0 aliphatic rings. The Bertz CT molecular complexity index is 368. The molecule has 0 unspecified atom stereocenters. The Balaban J connectivity index is 2.42. The van der Waals surface area contributed by atoms with E-state index in [4.69, 9.17) is 4.74 Å². The van der Waals surface area contributed by atoms with Crippen LogP contribution in [0.1, 0.15) is 23.8 Å². The highest BCUT2D eigenvalue weighted by atomic mass is 19.1. The lowest BCUT2D eigenvalue weighted by molar-refractivity contribution is 0.0947. The van der Waals surface area contributed by atoms with E-state index in [2.05, 4.69) is 9.88 Å². The highest BCUT2D eigenvalue weighted by Crippen LogP contribution is 2.03. The van der Waals surface area contributed by atoms with Crippen LogP contribution >= 0.6 is 0 Å². The summed E-state index contributed by atoms with van der Waals surface area (Å²) < 4.78 is 17.7. The van der Waals surface area contributed by atoms with Gasteiger partial charge in [0.15, 0.2) is 5.78 Å². The Morgan fingerprint density at radius 3 is 2.78 bits per heavy atom. The number of carbonyl (C=O) groups excluding carboxylic acids is 1. The van der Waals surface area contributed by atoms with Crippen molar-refractivity contribution in [1.29, 1.82) is 0 Å². The predicted molar refractivity (Wildman–Crippen MR) is 67.1 cm³/mol. The summed E-state index contributed by atoms with van der Waals surface area (Å²) in [6, 6.07) is 2.67. The summed E-state index contributed by atoms with van der Waals surface area (Å²) in [6.45, 7) is 5.02. The van der Waals surface area contributed by atoms with E-state index in [1.54, 1.807) is 7.11 Å². The van der Waals surface area contributed by atoms with Gasteiger partial charge in [-0.1, -0.05) is 6.92 Å². The largest absolute Gasteiger partial charge is 0.383 e. The molecular weight excluding hydrogens is 235 g/mol. The summed E-state index contributed by atoms with van der Waals surface area (Å²) in [5.41, 5.74) is 0.319. The Labute approximate surface area is 107 Å². The molecule has 0 bridgehead atoms. The van der Waals surface area contributed by atoms with Crippen molar-refractivity contribution in [3.63, 3.8) is 0 Å². The summed E-state index contributed by atoms with van der Waals surface area (Å²) in [6.07, 6.45) is 1.45. The van der Waals surface area contributed by atoms with Gasteiger partial charge in [0, 0.05) is 26.6 Å². The van der Waals surface area contributed by atoms with Gasteiger partial charge >= 0.3 is 0 Å². The number of ether oxygens (including phenoxy) is 1. The second-order valence-electron chi connectivity index (χ2n) is 3.96. The van der Waals surface area contributed by atoms with Crippen LogP contribution in [0.25, 0.3) is 0 Å². The number of likely N-dealkylation sites (N-methyl/N-ethyl adjacent to an activating group) is 1. The fourth-order valence-electron chi connectivity index (χ4n) is 1.58. The van der Waals surface area contributed by atoms with Gasteiger partial charge in [-0.3, -0.25) is 9.78 Å². The molecule has 0 saturated heterocycles. The first kappa shape index (κ1) is 14.7. The molecule has 0 N–H and O–H groups in total. The number of hydrogen-bond donors (Lipinski definition) is 0. The van der Waals surface area contributed by atoms with Crippen LogP contribution in [-0.4, -0.2) is 49.0 Å². The number of ketones is 1. The summed E-state index contributed by atoms with van der Waals surface area (Å²) >= 11 is 0. The van der Waals surface area contributed by atoms with Gasteiger partial charge in [0.25, 0.3) is 0 Å². The SMILES string of the molecule is CCN(CCOC)CCC(=O)c1ccc(F)cn1. The molecule has 0 fully saturated rings. The molecule has 1 aromatic rings. The van der Waals surface area contributed by atoms with Gasteiger partial charge < -0.3 is 9.64 Å². The maximum atomic E-state index is 12.7. The Kier molecular flexibility index (Phi) is 6.46. The van der Waals surface area contributed by atoms with Crippen molar-refractivity contribution < 1.29 is 13.9 Å². The van der Waals surface area contributed by atoms with Gasteiger partial charge in [-0.25, -0.2) is 4.39 Å². The minimum Gasteiger partial charge on any atom is -0.383 e. The number of Topliss-reactive ketones (excluding diaryl/α,β-unsaturated/α-hetero) is 1. The third-order valence-corrected chi connectivity index (χ3v) is 2.73. The van der Waals surface area contributed by atoms with Gasteiger partial charge in [-0.05, 0) is 18.7 Å². The second kappa shape index (κ2) is 7.89. The van der Waals surface area contributed by atoms with Crippen LogP contribution < -0.4 is 0 Å². The molecule has 0 aliphatic heterocycles. The van der Waals surface area contributed by atoms with Crippen LogP contribution in [-0.2, 0) is 4.74 Å². The number of hydrogen-bond acceptors (Lipinski definition) is 4. The first-order valence-electron chi connectivity index (χ1n) is 6.03. The van der Waals surface area contributed by atoms with Crippen molar-refractivity contribution in [3.8, 4) is 0 Å². The summed E-state index contributed by atoms with van der Waals surface area (Å²) in [7, 11) is 1.65. The van der Waals surface area contributed by atoms with E-state index in [0.717, 1.165) is 19.3 Å². The fraction of sp³-hybridized carbons (Fsp3) is 0.538. The molecule has 100 valence electrons. The predicted octanol–water partition coefficient (Wildman–Crippen LogP) is 1.76. The third kappa shape index (κ3) is 4.89. The molecule has 18 heavy (non-hydrogen) atoms. The zero-order valence-corrected chi connectivity index (χ0v) is 10.9. The molecule has 1 heterocycles. The van der Waals surface area contributed by atoms with Crippen LogP contribution in [0.15, 0.2) is 18.3 Å². The van der Waals surface area contributed by atoms with E-state index >= 15 is 0 Å². The lowest BCUT2D eigenvalue weighted by Crippen LogP contribution is -2.29. The average Bonchev–Trinajstić information content (AvgIpc) is 2.39. The maximum Gasteiger partial charge on any atom is 0.182 e. The van der Waals surface area contributed by atoms with E-state index in [1.807, 2.05) is 6.92 Å². The number of halogens is 1. The van der Waals surface area contributed by atoms with Gasteiger partial charge in [-0.2, -0.15) is 0 Å². The molecular formula is C13H19FN2O2. The monoisotopic (exact) mass is 254 g/mol. The maximum absolute atomic E-state index is 12.7. The van der Waals surface area contributed by atoms with E-state index in [0.29, 0.717) is 25.3 Å². The highest BCUT2D eigenvalue weighted by Gasteiger charge is 2.10. The van der Waals surface area contributed by atoms with Crippen molar-refractivity contribution >= 4 is 5.78 Å². The topological polar surface area (TPSA) is 42.4 Å². The van der Waals surface area contributed by atoms with Crippen LogP contribution in [0.4, 0.5) is 4.39 Å². The van der Waals surface area contributed by atoms with Crippen LogP contribution in [0, 0.1) is 5.82 Å². The number of methoxy groups -OCH3 is 1. The lowest BCUT2D eigenvalue weighted by atomic mass is 10.2. The van der Waals surface area contributed by atoms with E-state index in [1.165, 1.54) is 12.1 Å². The zero-order chi connectivity index (χ0) is 13.4. The van der Waals surface area contributed by atoms with E-state index < -0.39 is 5.82 Å². The molecule has 0 aliphatic carbocycles. The minimum absolute atomic E-state index is 0.0640. The van der Waals surface area contributed by atoms with Gasteiger partial charge in [0.2, 0.25) is 0 Å². The molecule has 0 aromatic carbocycles. The zero-order valence-electron chi connectivity index (χ0n) is 10.9. The van der Waals surface area contributed by atoms with Crippen molar-refractivity contribution in [1.82, 2.24) is 9.88 Å². The van der Waals surface area contributed by atoms with Crippen molar-refractivity contribution in [2.45, 2.75) is 13.3 Å². The number of aromatic nitrogens is 1. The van der Waals surface area contributed by atoms with Crippen LogP contribution in [0.2, 0.25) is 0 Å². The van der Waals surface area contributed by atoms with Crippen molar-refractivity contribution in [2.75, 3.05) is 33.4 Å². The van der Waals surface area contributed by atoms with Gasteiger partial charge in [-0.15, -0.1) is 0 Å². The first-order valence-corrected chi connectivity index (χ1v) is 6.03. The minimum atomic E-state index is -0.429. The Hall–Kier alpha value is -1.33. The normalized spacial score (nSPS) is 10.9. The number of pyridine rings is 1. The summed E-state index contributed by atoms with van der Waals surface area (Å²) in [5.74, 6) is -0.493. The molecule has 0 saturated carbocycles. The van der Waals surface area contributed by atoms with E-state index in [-0.39, 0.29) is 5.78 Å². The number of rotatable bonds is 8. The first-order chi connectivity index (χ1) is 8.67. The fourth-order valence-corrected chi connectivity index (χ4v) is 1.58. The summed E-state index contributed by atoms with van der Waals surface area (Å²) in [4.78, 5) is 17.7. The number of nitrogens with zero attached hydrogens (tertiary/aromatic N) is 2.